The van der Waals surface area contributed by atoms with E-state index in [4.69, 9.17) is 0 Å². The van der Waals surface area contributed by atoms with Gasteiger partial charge in [-0.25, -0.2) is 4.98 Å². The summed E-state index contributed by atoms with van der Waals surface area (Å²) < 4.78 is 1.90. The van der Waals surface area contributed by atoms with Gasteiger partial charge in [0.2, 0.25) is 5.91 Å². The largest absolute Gasteiger partial charge is 0.378 e. The Hall–Kier alpha value is -3.17. The lowest BCUT2D eigenvalue weighted by Crippen LogP contribution is -2.14. The van der Waals surface area contributed by atoms with Crippen molar-refractivity contribution in [3.8, 4) is 22.6 Å². The van der Waals surface area contributed by atoms with Gasteiger partial charge >= 0.3 is 0 Å². The lowest BCUT2D eigenvalue weighted by molar-refractivity contribution is -0.113. The Morgan fingerprint density at radius 2 is 1.75 bits per heavy atom. The Morgan fingerprint density at radius 1 is 1.06 bits per heavy atom. The summed E-state index contributed by atoms with van der Waals surface area (Å²) in [5.74, 6) is 0.867. The minimum atomic E-state index is -0.125. The molecule has 0 atom stereocenters. The van der Waals surface area contributed by atoms with Gasteiger partial charge in [-0.2, -0.15) is 0 Å². The van der Waals surface area contributed by atoms with Crippen LogP contribution in [0.3, 0.4) is 0 Å². The van der Waals surface area contributed by atoms with Gasteiger partial charge in [0.05, 0.1) is 11.4 Å². The summed E-state index contributed by atoms with van der Waals surface area (Å²) in [5.41, 5.74) is 5.19. The number of rotatable bonds is 7. The third kappa shape index (κ3) is 5.00. The van der Waals surface area contributed by atoms with Crippen molar-refractivity contribution in [1.82, 2.24) is 19.7 Å². The van der Waals surface area contributed by atoms with Crippen LogP contribution in [0.1, 0.15) is 5.56 Å². The van der Waals surface area contributed by atoms with Crippen LogP contribution in [0.4, 0.5) is 10.8 Å². The Morgan fingerprint density at radius 3 is 2.44 bits per heavy atom. The number of aryl methyl sites for hydroxylation is 1. The first-order valence-corrected chi connectivity index (χ1v) is 11.9. The van der Waals surface area contributed by atoms with Gasteiger partial charge in [-0.1, -0.05) is 41.6 Å². The summed E-state index contributed by atoms with van der Waals surface area (Å²) >= 11 is 2.77. The number of hydrogen-bond acceptors (Lipinski definition) is 7. The maximum Gasteiger partial charge on any atom is 0.236 e. The molecule has 0 unspecified atom stereocenters. The molecule has 0 fully saturated rings. The highest BCUT2D eigenvalue weighted by atomic mass is 32.2. The number of thiazole rings is 1. The van der Waals surface area contributed by atoms with Crippen molar-refractivity contribution >= 4 is 39.8 Å². The normalized spacial score (nSPS) is 10.9. The van der Waals surface area contributed by atoms with Crippen LogP contribution in [0, 0.1) is 6.92 Å². The number of nitrogens with zero attached hydrogens (tertiary/aromatic N) is 5. The van der Waals surface area contributed by atoms with Gasteiger partial charge in [0, 0.05) is 43.3 Å². The molecule has 0 bridgehead atoms. The van der Waals surface area contributed by atoms with Gasteiger partial charge in [-0.05, 0) is 31.2 Å². The molecule has 0 radical (unpaired) electrons. The molecule has 164 valence electrons. The average molecular weight is 465 g/mol. The van der Waals surface area contributed by atoms with Crippen molar-refractivity contribution < 1.29 is 4.79 Å². The number of carbonyl (C=O) groups is 1. The van der Waals surface area contributed by atoms with Crippen LogP contribution in [-0.2, 0) is 11.8 Å². The minimum Gasteiger partial charge on any atom is -0.378 e. The number of thioether (sulfide) groups is 1. The second kappa shape index (κ2) is 9.54. The highest BCUT2D eigenvalue weighted by Crippen LogP contribution is 2.27. The van der Waals surface area contributed by atoms with E-state index in [0.717, 1.165) is 28.3 Å². The molecule has 1 amide bonds. The Bertz CT molecular complexity index is 1210. The second-order valence-electron chi connectivity index (χ2n) is 7.55. The van der Waals surface area contributed by atoms with E-state index in [-0.39, 0.29) is 11.7 Å². The maximum absolute atomic E-state index is 12.4. The highest BCUT2D eigenvalue weighted by Gasteiger charge is 2.14. The molecule has 2 aromatic carbocycles. The molecule has 4 aromatic rings. The topological polar surface area (TPSA) is 75.9 Å². The van der Waals surface area contributed by atoms with Crippen LogP contribution in [0.25, 0.3) is 22.6 Å². The van der Waals surface area contributed by atoms with Crippen molar-refractivity contribution in [3.63, 3.8) is 0 Å². The van der Waals surface area contributed by atoms with E-state index in [0.29, 0.717) is 10.3 Å². The second-order valence-corrected chi connectivity index (χ2v) is 9.35. The van der Waals surface area contributed by atoms with E-state index in [1.54, 1.807) is 0 Å². The van der Waals surface area contributed by atoms with Crippen LogP contribution in [0.5, 0.6) is 0 Å². The number of nitrogens with one attached hydrogen (secondary N) is 1. The van der Waals surface area contributed by atoms with Gasteiger partial charge in [0.1, 0.15) is 0 Å². The van der Waals surface area contributed by atoms with E-state index in [2.05, 4.69) is 39.6 Å². The molecule has 0 aliphatic heterocycles. The molecule has 0 saturated carbocycles. The summed E-state index contributed by atoms with van der Waals surface area (Å²) in [4.78, 5) is 19.0. The third-order valence-corrected chi connectivity index (χ3v) is 6.68. The zero-order valence-corrected chi connectivity index (χ0v) is 20.0. The van der Waals surface area contributed by atoms with Crippen molar-refractivity contribution in [2.24, 2.45) is 7.05 Å². The predicted molar refractivity (Wildman–Crippen MR) is 132 cm³/mol. The Labute approximate surface area is 195 Å². The van der Waals surface area contributed by atoms with Crippen LogP contribution in [-0.4, -0.2) is 45.5 Å². The van der Waals surface area contributed by atoms with E-state index >= 15 is 0 Å². The molecule has 2 aromatic heterocycles. The number of aromatic nitrogens is 4. The molecule has 7 nitrogen and oxygen atoms in total. The van der Waals surface area contributed by atoms with Crippen LogP contribution in [0.2, 0.25) is 0 Å². The van der Waals surface area contributed by atoms with E-state index in [9.17, 15) is 4.79 Å². The number of amides is 1. The van der Waals surface area contributed by atoms with Gasteiger partial charge in [0.25, 0.3) is 0 Å². The summed E-state index contributed by atoms with van der Waals surface area (Å²) in [6.07, 6.45) is 0. The molecular weight excluding hydrogens is 440 g/mol. The fourth-order valence-corrected chi connectivity index (χ4v) is 4.52. The third-order valence-electron chi connectivity index (χ3n) is 4.91. The van der Waals surface area contributed by atoms with Crippen molar-refractivity contribution in [2.75, 3.05) is 30.1 Å². The Balaban J connectivity index is 1.36. The monoisotopic (exact) mass is 464 g/mol. The van der Waals surface area contributed by atoms with Gasteiger partial charge in [-0.3, -0.25) is 4.79 Å². The van der Waals surface area contributed by atoms with Crippen molar-refractivity contribution in [1.29, 1.82) is 0 Å². The standard InChI is InChI=1S/C23H24N6OS2/c1-15-5-7-16(8-6-15)19-13-31-22(24-19)25-20(30)14-32-23-27-26-21(29(23)4)17-9-11-18(12-10-17)28(2)3/h5-13H,14H2,1-4H3,(H,24,25,30). The fraction of sp³-hybridized carbons (Fsp3) is 0.217. The van der Waals surface area contributed by atoms with Crippen molar-refractivity contribution in [3.05, 3.63) is 59.5 Å². The fourth-order valence-electron chi connectivity index (χ4n) is 3.07. The van der Waals surface area contributed by atoms with Crippen LogP contribution >= 0.6 is 23.1 Å². The van der Waals surface area contributed by atoms with Gasteiger partial charge in [0.15, 0.2) is 16.1 Å². The smallest absolute Gasteiger partial charge is 0.236 e. The predicted octanol–water partition coefficient (Wildman–Crippen LogP) is 4.71. The first kappa shape index (κ1) is 22.0. The average Bonchev–Trinajstić information content (AvgIpc) is 3.39. The summed E-state index contributed by atoms with van der Waals surface area (Å²) in [5, 5.41) is 14.7. The molecule has 0 spiro atoms. The molecule has 0 aliphatic carbocycles. The molecule has 1 N–H and O–H groups in total. The number of carbonyl (C=O) groups excluding carboxylic acids is 1. The van der Waals surface area contributed by atoms with E-state index < -0.39 is 0 Å². The summed E-state index contributed by atoms with van der Waals surface area (Å²) in [6, 6.07) is 16.3. The first-order chi connectivity index (χ1) is 15.4. The van der Waals surface area contributed by atoms with Gasteiger partial charge in [-0.15, -0.1) is 21.5 Å². The molecule has 32 heavy (non-hydrogen) atoms. The number of benzene rings is 2. The van der Waals surface area contributed by atoms with Crippen LogP contribution < -0.4 is 10.2 Å². The minimum absolute atomic E-state index is 0.125. The van der Waals surface area contributed by atoms with Gasteiger partial charge < -0.3 is 14.8 Å². The van der Waals surface area contributed by atoms with E-state index in [1.165, 1.54) is 28.7 Å². The van der Waals surface area contributed by atoms with E-state index in [1.807, 2.05) is 72.4 Å². The lowest BCUT2D eigenvalue weighted by atomic mass is 10.1. The summed E-state index contributed by atoms with van der Waals surface area (Å²) in [6.45, 7) is 2.05. The summed E-state index contributed by atoms with van der Waals surface area (Å²) in [7, 11) is 5.92. The van der Waals surface area contributed by atoms with Crippen LogP contribution in [0.15, 0.2) is 59.1 Å². The highest BCUT2D eigenvalue weighted by molar-refractivity contribution is 7.99. The molecule has 4 rings (SSSR count). The quantitative estimate of drug-likeness (QED) is 0.399. The zero-order valence-electron chi connectivity index (χ0n) is 18.4. The maximum atomic E-state index is 12.4. The first-order valence-electron chi connectivity index (χ1n) is 10.0. The molecule has 9 heteroatoms. The van der Waals surface area contributed by atoms with Crippen molar-refractivity contribution in [2.45, 2.75) is 12.1 Å². The lowest BCUT2D eigenvalue weighted by Gasteiger charge is -2.12. The molecule has 0 saturated heterocycles. The molecular formula is C23H24N6OS2. The SMILES string of the molecule is Cc1ccc(-c2csc(NC(=O)CSc3nnc(-c4ccc(N(C)C)cc4)n3C)n2)cc1. The Kier molecular flexibility index (Phi) is 6.57. The molecule has 2 heterocycles. The number of anilines is 2. The zero-order chi connectivity index (χ0) is 22.7. The number of hydrogen-bond donors (Lipinski definition) is 1. The molecule has 0 aliphatic rings.